The Morgan fingerprint density at radius 3 is 0.614 bits per heavy atom. The van der Waals surface area contributed by atoms with Gasteiger partial charge in [-0.15, -0.1) is 0 Å². The Morgan fingerprint density at radius 2 is 0.500 bits per heavy atom. The van der Waals surface area contributed by atoms with Gasteiger partial charge in [0.2, 0.25) is 0 Å². The van der Waals surface area contributed by atoms with Crippen molar-refractivity contribution in [2.24, 2.45) is 0 Å². The fourth-order valence-electron chi connectivity index (χ4n) is 4.63. The predicted octanol–water partition coefficient (Wildman–Crippen LogP) is 4.68. The van der Waals surface area contributed by atoms with E-state index in [0.29, 0.717) is 0 Å². The SMILES string of the molecule is O=C[O-].[C-]#[O+].[Rh].c1ccc([PH+](c2ccccc2)c2ccccc2)cc1.c1ccc([PH+](c2ccccc2)c2ccccc2)cc1. The summed E-state index contributed by atoms with van der Waals surface area (Å²) >= 11 is 0. The minimum absolute atomic E-state index is 0. The van der Waals surface area contributed by atoms with Gasteiger partial charge in [0.1, 0.15) is 31.8 Å². The third kappa shape index (κ3) is 11.3. The molecule has 44 heavy (non-hydrogen) atoms. The van der Waals surface area contributed by atoms with Gasteiger partial charge in [-0.3, -0.25) is 0 Å². The number of benzene rings is 6. The van der Waals surface area contributed by atoms with Crippen molar-refractivity contribution in [3.05, 3.63) is 189 Å². The third-order valence-corrected chi connectivity index (χ3v) is 11.8. The van der Waals surface area contributed by atoms with Crippen molar-refractivity contribution in [2.75, 3.05) is 0 Å². The van der Waals surface area contributed by atoms with E-state index in [1.165, 1.54) is 31.8 Å². The van der Waals surface area contributed by atoms with Crippen LogP contribution < -0.4 is 36.9 Å². The van der Waals surface area contributed by atoms with E-state index in [-0.39, 0.29) is 19.5 Å². The molecule has 0 aliphatic rings. The van der Waals surface area contributed by atoms with Crippen molar-refractivity contribution in [2.45, 2.75) is 0 Å². The summed E-state index contributed by atoms with van der Waals surface area (Å²) in [6.45, 7) is 4.00. The monoisotopic (exact) mass is 702 g/mol. The van der Waals surface area contributed by atoms with Crippen LogP contribution in [0, 0.1) is 6.65 Å². The molecule has 0 heterocycles. The van der Waals surface area contributed by atoms with E-state index in [2.05, 4.69) is 189 Å². The quantitative estimate of drug-likeness (QED) is 0.0833. The van der Waals surface area contributed by atoms with Crippen LogP contribution in [0.5, 0.6) is 0 Å². The number of carbonyl (C=O) groups excluding carboxylic acids is 1. The first kappa shape index (κ1) is 36.2. The summed E-state index contributed by atoms with van der Waals surface area (Å²) in [6.07, 6.45) is 0. The fraction of sp³-hybridized carbons (Fsp3) is 0. The molecule has 0 spiro atoms. The zero-order valence-corrected chi connectivity index (χ0v) is 27.6. The van der Waals surface area contributed by atoms with Crippen LogP contribution in [0.15, 0.2) is 182 Å². The third-order valence-electron chi connectivity index (χ3n) is 6.37. The number of hydrogen-bond donors (Lipinski definition) is 0. The molecule has 221 valence electrons. The molecule has 0 aromatic heterocycles. The molecular formula is C38H33O3P2Rh+. The Morgan fingerprint density at radius 1 is 0.386 bits per heavy atom. The normalized spacial score (nSPS) is 9.45. The van der Waals surface area contributed by atoms with Gasteiger partial charge >= 0.3 is 11.3 Å². The van der Waals surface area contributed by atoms with E-state index >= 15 is 0 Å². The first-order valence-corrected chi connectivity index (χ1v) is 16.6. The van der Waals surface area contributed by atoms with Crippen molar-refractivity contribution in [3.8, 4) is 0 Å². The van der Waals surface area contributed by atoms with Gasteiger partial charge in [-0.05, 0) is 72.8 Å². The van der Waals surface area contributed by atoms with Crippen molar-refractivity contribution < 1.29 is 34.0 Å². The number of carboxylic acid groups (broad SMARTS) is 1. The second-order valence-electron chi connectivity index (χ2n) is 9.04. The van der Waals surface area contributed by atoms with Gasteiger partial charge in [0.15, 0.2) is 0 Å². The number of hydrogen-bond acceptors (Lipinski definition) is 2. The molecule has 6 aromatic rings. The summed E-state index contributed by atoms with van der Waals surface area (Å²) in [5, 5.41) is 16.9. The van der Waals surface area contributed by atoms with E-state index < -0.39 is 22.3 Å². The Bertz CT molecular complexity index is 1280. The van der Waals surface area contributed by atoms with E-state index in [1.54, 1.807) is 0 Å². The van der Waals surface area contributed by atoms with E-state index in [9.17, 15) is 0 Å². The first-order valence-electron chi connectivity index (χ1n) is 13.6. The van der Waals surface area contributed by atoms with Gasteiger partial charge < -0.3 is 9.90 Å². The largest absolute Gasteiger partial charge is 0.102 e. The van der Waals surface area contributed by atoms with E-state index in [4.69, 9.17) is 14.6 Å². The van der Waals surface area contributed by atoms with Crippen molar-refractivity contribution in [3.63, 3.8) is 0 Å². The van der Waals surface area contributed by atoms with Gasteiger partial charge in [-0.2, -0.15) is 0 Å². The molecular weight excluding hydrogens is 669 g/mol. The Kier molecular flexibility index (Phi) is 17.8. The van der Waals surface area contributed by atoms with Crippen molar-refractivity contribution in [1.82, 2.24) is 0 Å². The van der Waals surface area contributed by atoms with Crippen LogP contribution >= 0.6 is 15.8 Å². The fourth-order valence-corrected chi connectivity index (χ4v) is 9.78. The Labute approximate surface area is 275 Å². The first-order chi connectivity index (χ1) is 21.3. The van der Waals surface area contributed by atoms with Crippen LogP contribution in [0.3, 0.4) is 0 Å². The molecule has 1 radical (unpaired) electrons. The molecule has 0 bridgehead atoms. The number of carbonyl (C=O) groups is 1. The molecule has 0 saturated carbocycles. The molecule has 3 nitrogen and oxygen atoms in total. The molecule has 0 aliphatic carbocycles. The van der Waals surface area contributed by atoms with Crippen LogP contribution in [-0.4, -0.2) is 6.47 Å². The van der Waals surface area contributed by atoms with Crippen LogP contribution in [0.1, 0.15) is 0 Å². The second-order valence-corrected chi connectivity index (χ2v) is 14.0. The summed E-state index contributed by atoms with van der Waals surface area (Å²) < 4.78 is 7.50. The molecule has 0 fully saturated rings. The van der Waals surface area contributed by atoms with Crippen LogP contribution in [0.25, 0.3) is 0 Å². The van der Waals surface area contributed by atoms with Gasteiger partial charge in [0.25, 0.3) is 0 Å². The summed E-state index contributed by atoms with van der Waals surface area (Å²) in [6, 6.07) is 65.0. The van der Waals surface area contributed by atoms with Gasteiger partial charge in [-0.1, -0.05) is 109 Å². The molecule has 0 atom stereocenters. The molecule has 0 unspecified atom stereocenters. The van der Waals surface area contributed by atoms with Gasteiger partial charge in [0, 0.05) is 26.0 Å². The molecule has 0 aliphatic heterocycles. The standard InChI is InChI=1S/2C18H15P.CH2O2.CO.Rh/c2*1-4-10-16(11-5-1)19(17-12-6-2-7-13-17)18-14-8-3-9-15-18;2-1-3;1-2;/h2*1-15H;1H,(H,2,3);;/p+1. The molecule has 0 N–H and O–H groups in total. The zero-order chi connectivity index (χ0) is 30.5. The number of rotatable bonds is 6. The zero-order valence-electron chi connectivity index (χ0n) is 24.0. The maximum atomic E-state index is 8.25. The van der Waals surface area contributed by atoms with Gasteiger partial charge in [0.05, 0.1) is 15.8 Å². The van der Waals surface area contributed by atoms with Crippen LogP contribution in [0.2, 0.25) is 0 Å². The van der Waals surface area contributed by atoms with Gasteiger partial charge in [-0.25, -0.2) is 0 Å². The van der Waals surface area contributed by atoms with Crippen molar-refractivity contribution >= 4 is 54.1 Å². The smallest absolute Gasteiger partial charge is 0.0620 e. The van der Waals surface area contributed by atoms with Crippen LogP contribution in [0.4, 0.5) is 0 Å². The summed E-state index contributed by atoms with van der Waals surface area (Å²) in [5.41, 5.74) is 0. The van der Waals surface area contributed by atoms with Crippen molar-refractivity contribution in [1.29, 1.82) is 0 Å². The summed E-state index contributed by atoms with van der Waals surface area (Å²) in [4.78, 5) is 8.25. The molecule has 6 rings (SSSR count). The Balaban J connectivity index is 0.000000263. The maximum Gasteiger partial charge on any atom is 0.102 e. The van der Waals surface area contributed by atoms with E-state index in [1.807, 2.05) is 0 Å². The molecule has 6 heteroatoms. The minimum Gasteiger partial charge on any atom is -0.0620 e. The van der Waals surface area contributed by atoms with Crippen LogP contribution in [-0.2, 0) is 28.9 Å². The summed E-state index contributed by atoms with van der Waals surface area (Å²) in [7, 11) is -1.75. The summed E-state index contributed by atoms with van der Waals surface area (Å²) in [5.74, 6) is 0. The average molecular weight is 703 g/mol. The topological polar surface area (TPSA) is 60.0 Å². The van der Waals surface area contributed by atoms with E-state index in [0.717, 1.165) is 0 Å². The minimum atomic E-state index is -0.877. The Hall–Kier alpha value is -3.99. The molecule has 6 aromatic carbocycles. The average Bonchev–Trinajstić information content (AvgIpc) is 3.10. The maximum absolute atomic E-state index is 8.25. The predicted molar refractivity (Wildman–Crippen MR) is 183 cm³/mol. The second kappa shape index (κ2) is 21.7. The molecule has 0 amide bonds. The molecule has 0 saturated heterocycles.